The highest BCUT2D eigenvalue weighted by Gasteiger charge is 2.33. The van der Waals surface area contributed by atoms with E-state index in [0.29, 0.717) is 28.6 Å². The Morgan fingerprint density at radius 1 is 1.40 bits per heavy atom. The lowest BCUT2D eigenvalue weighted by molar-refractivity contribution is 0.257. The highest BCUT2D eigenvalue weighted by Crippen LogP contribution is 2.28. The molecule has 1 saturated heterocycles. The van der Waals surface area contributed by atoms with E-state index < -0.39 is 10.0 Å². The third-order valence-electron chi connectivity index (χ3n) is 3.57. The van der Waals surface area contributed by atoms with Gasteiger partial charge in [-0.1, -0.05) is 18.0 Å². The number of benzene rings is 1. The van der Waals surface area contributed by atoms with Gasteiger partial charge in [-0.2, -0.15) is 4.31 Å². The molecule has 1 fully saturated rings. The SMILES string of the molecule is Cc1cc(Cl)ccc1S(=O)(=O)N1CCCCC1CN.Cl. The van der Waals surface area contributed by atoms with Crippen molar-refractivity contribution < 1.29 is 8.42 Å². The number of sulfonamides is 1. The first-order valence-corrected chi connectivity index (χ1v) is 8.26. The molecule has 20 heavy (non-hydrogen) atoms. The Hall–Kier alpha value is -0.330. The molecule has 1 heterocycles. The van der Waals surface area contributed by atoms with Gasteiger partial charge in [0.1, 0.15) is 0 Å². The lowest BCUT2D eigenvalue weighted by Gasteiger charge is -2.34. The molecular weight excluding hydrogens is 319 g/mol. The lowest BCUT2D eigenvalue weighted by Crippen LogP contribution is -2.47. The molecule has 1 aromatic carbocycles. The number of nitrogens with two attached hydrogens (primary N) is 1. The van der Waals surface area contributed by atoms with Gasteiger partial charge in [-0.25, -0.2) is 8.42 Å². The maximum atomic E-state index is 12.7. The van der Waals surface area contributed by atoms with Crippen LogP contribution in [-0.4, -0.2) is 31.9 Å². The maximum Gasteiger partial charge on any atom is 0.243 e. The van der Waals surface area contributed by atoms with Crippen LogP contribution in [0.1, 0.15) is 24.8 Å². The van der Waals surface area contributed by atoms with Crippen LogP contribution in [0.5, 0.6) is 0 Å². The van der Waals surface area contributed by atoms with Crippen LogP contribution in [0.4, 0.5) is 0 Å². The molecule has 4 nitrogen and oxygen atoms in total. The van der Waals surface area contributed by atoms with Crippen molar-refractivity contribution in [1.82, 2.24) is 4.31 Å². The van der Waals surface area contributed by atoms with Crippen molar-refractivity contribution in [2.24, 2.45) is 5.73 Å². The molecule has 1 aliphatic rings. The molecule has 2 rings (SSSR count). The minimum atomic E-state index is -3.48. The van der Waals surface area contributed by atoms with E-state index in [1.165, 1.54) is 0 Å². The second-order valence-corrected chi connectivity index (χ2v) is 7.21. The quantitative estimate of drug-likeness (QED) is 0.921. The van der Waals surface area contributed by atoms with Crippen molar-refractivity contribution >= 4 is 34.0 Å². The molecule has 2 N–H and O–H groups in total. The van der Waals surface area contributed by atoms with Gasteiger partial charge in [0.05, 0.1) is 4.90 Å². The first-order valence-electron chi connectivity index (χ1n) is 6.45. The first-order chi connectivity index (χ1) is 8.96. The lowest BCUT2D eigenvalue weighted by atomic mass is 10.1. The summed E-state index contributed by atoms with van der Waals surface area (Å²) in [6, 6.07) is 4.78. The zero-order valence-electron chi connectivity index (χ0n) is 11.4. The summed E-state index contributed by atoms with van der Waals surface area (Å²) in [5, 5.41) is 0.547. The van der Waals surface area contributed by atoms with Gasteiger partial charge in [0, 0.05) is 24.2 Å². The smallest absolute Gasteiger partial charge is 0.243 e. The molecule has 0 bridgehead atoms. The van der Waals surface area contributed by atoms with E-state index in [-0.39, 0.29) is 18.4 Å². The number of hydrogen-bond donors (Lipinski definition) is 1. The van der Waals surface area contributed by atoms with Gasteiger partial charge in [-0.15, -0.1) is 12.4 Å². The summed E-state index contributed by atoms with van der Waals surface area (Å²) in [4.78, 5) is 0.331. The second kappa shape index (κ2) is 7.09. The summed E-state index contributed by atoms with van der Waals surface area (Å²) in [5.74, 6) is 0. The van der Waals surface area contributed by atoms with Gasteiger partial charge in [0.2, 0.25) is 10.0 Å². The fourth-order valence-corrected chi connectivity index (χ4v) is 4.69. The van der Waals surface area contributed by atoms with E-state index in [4.69, 9.17) is 17.3 Å². The molecule has 0 aromatic heterocycles. The van der Waals surface area contributed by atoms with Crippen molar-refractivity contribution in [1.29, 1.82) is 0 Å². The molecule has 1 unspecified atom stereocenters. The number of piperidine rings is 1. The van der Waals surface area contributed by atoms with Crippen molar-refractivity contribution in [3.05, 3.63) is 28.8 Å². The van der Waals surface area contributed by atoms with E-state index in [9.17, 15) is 8.42 Å². The van der Waals surface area contributed by atoms with Crippen LogP contribution in [0, 0.1) is 6.92 Å². The van der Waals surface area contributed by atoms with Crippen LogP contribution >= 0.6 is 24.0 Å². The van der Waals surface area contributed by atoms with Crippen LogP contribution in [-0.2, 0) is 10.0 Å². The Labute approximate surface area is 131 Å². The molecule has 0 saturated carbocycles. The van der Waals surface area contributed by atoms with Crippen molar-refractivity contribution in [3.63, 3.8) is 0 Å². The molecule has 1 aliphatic heterocycles. The summed E-state index contributed by atoms with van der Waals surface area (Å²) in [7, 11) is -3.48. The Bertz CT molecular complexity index is 563. The van der Waals surface area contributed by atoms with E-state index in [2.05, 4.69) is 0 Å². The summed E-state index contributed by atoms with van der Waals surface area (Å²) >= 11 is 5.88. The minimum Gasteiger partial charge on any atom is -0.329 e. The largest absolute Gasteiger partial charge is 0.329 e. The van der Waals surface area contributed by atoms with Crippen molar-refractivity contribution in [2.75, 3.05) is 13.1 Å². The zero-order chi connectivity index (χ0) is 14.0. The highest BCUT2D eigenvalue weighted by molar-refractivity contribution is 7.89. The molecule has 0 aliphatic carbocycles. The second-order valence-electron chi connectivity index (χ2n) is 4.91. The predicted molar refractivity (Wildman–Crippen MR) is 84.0 cm³/mol. The van der Waals surface area contributed by atoms with Crippen LogP contribution in [0.2, 0.25) is 5.02 Å². The minimum absolute atomic E-state index is 0. The third-order valence-corrected chi connectivity index (χ3v) is 5.92. The fraction of sp³-hybridized carbons (Fsp3) is 0.538. The third kappa shape index (κ3) is 3.46. The number of halogens is 2. The summed E-state index contributed by atoms with van der Waals surface area (Å²) < 4.78 is 27.0. The van der Waals surface area contributed by atoms with Gasteiger partial charge >= 0.3 is 0 Å². The van der Waals surface area contributed by atoms with Crippen molar-refractivity contribution in [3.8, 4) is 0 Å². The molecule has 1 aromatic rings. The molecule has 0 radical (unpaired) electrons. The van der Waals surface area contributed by atoms with Crippen LogP contribution in [0.25, 0.3) is 0 Å². The topological polar surface area (TPSA) is 63.4 Å². The molecule has 0 amide bonds. The zero-order valence-corrected chi connectivity index (χ0v) is 13.8. The average Bonchev–Trinajstić information content (AvgIpc) is 2.38. The van der Waals surface area contributed by atoms with Gasteiger partial charge in [0.15, 0.2) is 0 Å². The van der Waals surface area contributed by atoms with Crippen molar-refractivity contribution in [2.45, 2.75) is 37.1 Å². The summed E-state index contributed by atoms with van der Waals surface area (Å²) in [5.41, 5.74) is 6.38. The highest BCUT2D eigenvalue weighted by atomic mass is 35.5. The maximum absolute atomic E-state index is 12.7. The Kier molecular flexibility index (Phi) is 6.28. The first kappa shape index (κ1) is 17.7. The monoisotopic (exact) mass is 338 g/mol. The number of hydrogen-bond acceptors (Lipinski definition) is 3. The molecule has 0 spiro atoms. The standard InChI is InChI=1S/C13H19ClN2O2S.ClH/c1-10-8-11(14)5-6-13(10)19(17,18)16-7-3-2-4-12(16)9-15;/h5-6,8,12H,2-4,7,9,15H2,1H3;1H. The Balaban J connectivity index is 0.00000200. The predicted octanol–water partition coefficient (Wildman–Crippen LogP) is 2.57. The molecular formula is C13H20Cl2N2O2S. The van der Waals surface area contributed by atoms with Gasteiger partial charge < -0.3 is 5.73 Å². The Morgan fingerprint density at radius 2 is 2.10 bits per heavy atom. The molecule has 7 heteroatoms. The molecule has 1 atom stereocenters. The fourth-order valence-electron chi connectivity index (χ4n) is 2.55. The van der Waals surface area contributed by atoms with Gasteiger partial charge in [0.25, 0.3) is 0 Å². The van der Waals surface area contributed by atoms with E-state index in [1.807, 2.05) is 0 Å². The normalized spacial score (nSPS) is 20.4. The Morgan fingerprint density at radius 3 is 2.70 bits per heavy atom. The summed E-state index contributed by atoms with van der Waals surface area (Å²) in [6.45, 7) is 2.68. The van der Waals surface area contributed by atoms with E-state index in [0.717, 1.165) is 19.3 Å². The average molecular weight is 339 g/mol. The number of aryl methyl sites for hydroxylation is 1. The van der Waals surface area contributed by atoms with Crippen LogP contribution < -0.4 is 5.73 Å². The van der Waals surface area contributed by atoms with Gasteiger partial charge in [-0.3, -0.25) is 0 Å². The number of nitrogens with zero attached hydrogens (tertiary/aromatic N) is 1. The van der Waals surface area contributed by atoms with Gasteiger partial charge in [-0.05, 0) is 43.5 Å². The summed E-state index contributed by atoms with van der Waals surface area (Å²) in [6.07, 6.45) is 2.76. The van der Waals surface area contributed by atoms with E-state index >= 15 is 0 Å². The number of rotatable bonds is 3. The van der Waals surface area contributed by atoms with Crippen LogP contribution in [0.3, 0.4) is 0 Å². The van der Waals surface area contributed by atoms with Crippen LogP contribution in [0.15, 0.2) is 23.1 Å². The van der Waals surface area contributed by atoms with E-state index in [1.54, 1.807) is 29.4 Å². The molecule has 114 valence electrons.